The quantitative estimate of drug-likeness (QED) is 0.721. The van der Waals surface area contributed by atoms with E-state index in [9.17, 15) is 4.79 Å². The van der Waals surface area contributed by atoms with E-state index in [2.05, 4.69) is 16.8 Å². The van der Waals surface area contributed by atoms with Crippen LogP contribution in [0.4, 0.5) is 0 Å². The third-order valence-electron chi connectivity index (χ3n) is 2.99. The summed E-state index contributed by atoms with van der Waals surface area (Å²) in [5.74, 6) is 1.30. The largest absolute Gasteiger partial charge is 0.457 e. The highest BCUT2D eigenvalue weighted by molar-refractivity contribution is 5.70. The lowest BCUT2D eigenvalue weighted by Gasteiger charge is -2.18. The van der Waals surface area contributed by atoms with Gasteiger partial charge in [0.05, 0.1) is 6.54 Å². The van der Waals surface area contributed by atoms with Gasteiger partial charge in [-0.3, -0.25) is 9.69 Å². The minimum absolute atomic E-state index is 0.418. The van der Waals surface area contributed by atoms with Crippen molar-refractivity contribution in [3.05, 3.63) is 23.7 Å². The van der Waals surface area contributed by atoms with Gasteiger partial charge in [0.15, 0.2) is 12.0 Å². The Morgan fingerprint density at radius 3 is 2.94 bits per heavy atom. The molecule has 0 bridgehead atoms. The molecule has 0 N–H and O–H groups in total. The summed E-state index contributed by atoms with van der Waals surface area (Å²) in [6, 6.07) is 3.62. The van der Waals surface area contributed by atoms with Crippen LogP contribution in [-0.2, 0) is 6.54 Å². The molecule has 2 rings (SSSR count). The van der Waals surface area contributed by atoms with Crippen LogP contribution in [0.1, 0.15) is 22.7 Å². The Labute approximate surface area is 95.8 Å². The van der Waals surface area contributed by atoms with Crippen LogP contribution >= 0.6 is 0 Å². The zero-order chi connectivity index (χ0) is 11.4. The lowest BCUT2D eigenvalue weighted by atomic mass is 10.3. The molecule has 4 heteroatoms. The van der Waals surface area contributed by atoms with Crippen LogP contribution in [0.25, 0.3) is 0 Å². The number of carbonyl (C=O) groups is 1. The van der Waals surface area contributed by atoms with Crippen LogP contribution in [0.2, 0.25) is 0 Å². The van der Waals surface area contributed by atoms with E-state index < -0.39 is 0 Å². The molecular formula is C12H18N2O2. The molecule has 1 aliphatic heterocycles. The summed E-state index contributed by atoms with van der Waals surface area (Å²) in [6.45, 7) is 5.23. The van der Waals surface area contributed by atoms with Gasteiger partial charge in [-0.15, -0.1) is 0 Å². The zero-order valence-electron chi connectivity index (χ0n) is 9.69. The molecule has 0 amide bonds. The van der Waals surface area contributed by atoms with Crippen LogP contribution in [0, 0.1) is 0 Å². The maximum absolute atomic E-state index is 10.5. The Morgan fingerprint density at radius 2 is 2.19 bits per heavy atom. The van der Waals surface area contributed by atoms with Crippen LogP contribution in [0.15, 0.2) is 16.5 Å². The first-order chi connectivity index (χ1) is 7.78. The molecule has 0 aliphatic carbocycles. The molecule has 0 saturated carbocycles. The molecule has 1 aromatic rings. The molecule has 0 atom stereocenters. The number of nitrogens with zero attached hydrogens (tertiary/aromatic N) is 2. The number of hydrogen-bond donors (Lipinski definition) is 0. The minimum Gasteiger partial charge on any atom is -0.457 e. The molecule has 88 valence electrons. The van der Waals surface area contributed by atoms with Gasteiger partial charge in [-0.1, -0.05) is 0 Å². The van der Waals surface area contributed by atoms with Gasteiger partial charge in [-0.2, -0.15) is 0 Å². The molecule has 0 spiro atoms. The number of furan rings is 1. The van der Waals surface area contributed by atoms with Crippen molar-refractivity contribution in [2.45, 2.75) is 13.0 Å². The average Bonchev–Trinajstić information content (AvgIpc) is 2.63. The molecule has 0 radical (unpaired) electrons. The van der Waals surface area contributed by atoms with E-state index in [4.69, 9.17) is 4.42 Å². The summed E-state index contributed by atoms with van der Waals surface area (Å²) in [5, 5.41) is 0. The zero-order valence-corrected chi connectivity index (χ0v) is 9.69. The second-order valence-electron chi connectivity index (χ2n) is 4.35. The first-order valence-electron chi connectivity index (χ1n) is 5.73. The molecule has 0 aromatic carbocycles. The molecule has 1 fully saturated rings. The molecule has 4 nitrogen and oxygen atoms in total. The van der Waals surface area contributed by atoms with Gasteiger partial charge in [0.25, 0.3) is 0 Å². The average molecular weight is 222 g/mol. The summed E-state index contributed by atoms with van der Waals surface area (Å²) in [6.07, 6.45) is 1.94. The smallest absolute Gasteiger partial charge is 0.185 e. The van der Waals surface area contributed by atoms with Gasteiger partial charge in [-0.05, 0) is 38.7 Å². The van der Waals surface area contributed by atoms with Crippen LogP contribution < -0.4 is 0 Å². The maximum Gasteiger partial charge on any atom is 0.185 e. The summed E-state index contributed by atoms with van der Waals surface area (Å²) < 4.78 is 5.38. The summed E-state index contributed by atoms with van der Waals surface area (Å²) in [7, 11) is 2.15. The summed E-state index contributed by atoms with van der Waals surface area (Å²) in [4.78, 5) is 15.2. The van der Waals surface area contributed by atoms with Gasteiger partial charge in [0.2, 0.25) is 0 Å². The fourth-order valence-electron chi connectivity index (χ4n) is 2.02. The molecule has 0 unspecified atom stereocenters. The summed E-state index contributed by atoms with van der Waals surface area (Å²) in [5.41, 5.74) is 0. The standard InChI is InChI=1S/C12H18N2O2/c1-13-5-2-6-14(8-7-13)9-11-3-4-12(10-15)16-11/h3-4,10H,2,5-9H2,1H3. The molecule has 16 heavy (non-hydrogen) atoms. The topological polar surface area (TPSA) is 36.7 Å². The Morgan fingerprint density at radius 1 is 1.31 bits per heavy atom. The molecular weight excluding hydrogens is 204 g/mol. The van der Waals surface area contributed by atoms with Gasteiger partial charge in [0, 0.05) is 13.1 Å². The van der Waals surface area contributed by atoms with Crippen LogP contribution in [0.3, 0.4) is 0 Å². The van der Waals surface area contributed by atoms with Crippen molar-refractivity contribution in [1.29, 1.82) is 0 Å². The lowest BCUT2D eigenvalue weighted by molar-refractivity contribution is 0.109. The van der Waals surface area contributed by atoms with Crippen molar-refractivity contribution in [1.82, 2.24) is 9.80 Å². The number of rotatable bonds is 3. The van der Waals surface area contributed by atoms with E-state index in [-0.39, 0.29) is 0 Å². The highest BCUT2D eigenvalue weighted by Crippen LogP contribution is 2.11. The first kappa shape index (κ1) is 11.4. The predicted molar refractivity (Wildman–Crippen MR) is 61.5 cm³/mol. The third kappa shape index (κ3) is 2.93. The van der Waals surface area contributed by atoms with Crippen molar-refractivity contribution in [3.8, 4) is 0 Å². The van der Waals surface area contributed by atoms with E-state index >= 15 is 0 Å². The highest BCUT2D eigenvalue weighted by atomic mass is 16.3. The number of hydrogen-bond acceptors (Lipinski definition) is 4. The molecule has 1 aromatic heterocycles. The van der Waals surface area contributed by atoms with Crippen molar-refractivity contribution in [2.24, 2.45) is 0 Å². The van der Waals surface area contributed by atoms with Crippen LogP contribution in [-0.4, -0.2) is 49.3 Å². The Bertz CT molecular complexity index is 349. The monoisotopic (exact) mass is 222 g/mol. The van der Waals surface area contributed by atoms with E-state index in [1.54, 1.807) is 6.07 Å². The third-order valence-corrected chi connectivity index (χ3v) is 2.99. The normalized spacial score (nSPS) is 19.6. The van der Waals surface area contributed by atoms with E-state index in [1.165, 1.54) is 6.42 Å². The van der Waals surface area contributed by atoms with Crippen molar-refractivity contribution < 1.29 is 9.21 Å². The maximum atomic E-state index is 10.5. The van der Waals surface area contributed by atoms with E-state index in [0.717, 1.165) is 44.8 Å². The van der Waals surface area contributed by atoms with Crippen molar-refractivity contribution in [2.75, 3.05) is 33.2 Å². The number of aldehydes is 1. The molecule has 1 saturated heterocycles. The van der Waals surface area contributed by atoms with Crippen molar-refractivity contribution in [3.63, 3.8) is 0 Å². The SMILES string of the molecule is CN1CCCN(Cc2ccc(C=O)o2)CC1. The fraction of sp³-hybridized carbons (Fsp3) is 0.583. The van der Waals surface area contributed by atoms with E-state index in [1.807, 2.05) is 6.07 Å². The van der Waals surface area contributed by atoms with Crippen LogP contribution in [0.5, 0.6) is 0 Å². The minimum atomic E-state index is 0.418. The number of likely N-dealkylation sites (N-methyl/N-ethyl adjacent to an activating group) is 1. The van der Waals surface area contributed by atoms with Gasteiger partial charge in [0.1, 0.15) is 5.76 Å². The second-order valence-corrected chi connectivity index (χ2v) is 4.35. The Kier molecular flexibility index (Phi) is 3.74. The van der Waals surface area contributed by atoms with Crippen molar-refractivity contribution >= 4 is 6.29 Å². The second kappa shape index (κ2) is 5.27. The Hall–Kier alpha value is -1.13. The first-order valence-corrected chi connectivity index (χ1v) is 5.73. The molecule has 2 heterocycles. The fourth-order valence-corrected chi connectivity index (χ4v) is 2.02. The predicted octanol–water partition coefficient (Wildman–Crippen LogP) is 1.23. The van der Waals surface area contributed by atoms with Gasteiger partial charge < -0.3 is 9.32 Å². The van der Waals surface area contributed by atoms with E-state index in [0.29, 0.717) is 5.76 Å². The Balaban J connectivity index is 1.90. The van der Waals surface area contributed by atoms with Gasteiger partial charge >= 0.3 is 0 Å². The highest BCUT2D eigenvalue weighted by Gasteiger charge is 2.13. The molecule has 1 aliphatic rings. The lowest BCUT2D eigenvalue weighted by Crippen LogP contribution is -2.28. The number of carbonyl (C=O) groups excluding carboxylic acids is 1. The summed E-state index contributed by atoms with van der Waals surface area (Å²) >= 11 is 0. The van der Waals surface area contributed by atoms with Gasteiger partial charge in [-0.25, -0.2) is 0 Å².